The Labute approximate surface area is 159 Å². The van der Waals surface area contributed by atoms with Gasteiger partial charge in [-0.2, -0.15) is 11.8 Å². The van der Waals surface area contributed by atoms with Crippen molar-refractivity contribution in [1.82, 2.24) is 4.98 Å². The molecule has 1 aromatic carbocycles. The number of benzene rings is 1. The first kappa shape index (κ1) is 17.4. The number of aromatic nitrogens is 1. The molecule has 0 N–H and O–H groups in total. The molecule has 1 saturated heterocycles. The van der Waals surface area contributed by atoms with Gasteiger partial charge in [0.2, 0.25) is 0 Å². The largest absolute Gasteiger partial charge is 0.355 e. The zero-order valence-corrected chi connectivity index (χ0v) is 16.0. The zero-order valence-electron chi connectivity index (χ0n) is 15.2. The summed E-state index contributed by atoms with van der Waals surface area (Å²) in [6, 6.07) is 12.0. The van der Waals surface area contributed by atoms with E-state index in [4.69, 9.17) is 0 Å². The van der Waals surface area contributed by atoms with Crippen molar-refractivity contribution < 1.29 is 4.79 Å². The molecular weight excluding hydrogens is 342 g/mol. The lowest BCUT2D eigenvalue weighted by molar-refractivity contribution is 0.0989. The number of hydrogen-bond donors (Lipinski definition) is 0. The van der Waals surface area contributed by atoms with Gasteiger partial charge < -0.3 is 9.80 Å². The van der Waals surface area contributed by atoms with Gasteiger partial charge in [-0.25, -0.2) is 4.98 Å². The normalized spacial score (nSPS) is 20.0. The molecule has 2 aromatic rings. The van der Waals surface area contributed by atoms with Crippen LogP contribution in [0.15, 0.2) is 42.6 Å². The fourth-order valence-electron chi connectivity index (χ4n) is 4.00. The van der Waals surface area contributed by atoms with Crippen molar-refractivity contribution in [1.29, 1.82) is 0 Å². The highest BCUT2D eigenvalue weighted by atomic mass is 32.2. The van der Waals surface area contributed by atoms with Crippen molar-refractivity contribution in [3.8, 4) is 0 Å². The molecule has 1 aromatic heterocycles. The van der Waals surface area contributed by atoms with Crippen molar-refractivity contribution in [3.05, 3.63) is 53.7 Å². The molecule has 5 heteroatoms. The van der Waals surface area contributed by atoms with Crippen LogP contribution in [0.25, 0.3) is 0 Å². The van der Waals surface area contributed by atoms with Crippen LogP contribution < -0.4 is 9.80 Å². The van der Waals surface area contributed by atoms with Crippen molar-refractivity contribution in [2.24, 2.45) is 0 Å². The summed E-state index contributed by atoms with van der Waals surface area (Å²) >= 11 is 1.92. The molecule has 0 radical (unpaired) electrons. The van der Waals surface area contributed by atoms with Crippen LogP contribution in [0.3, 0.4) is 0 Å². The predicted octanol–water partition coefficient (Wildman–Crippen LogP) is 4.01. The molecule has 2 aliphatic rings. The summed E-state index contributed by atoms with van der Waals surface area (Å²) in [6.07, 6.45) is 8.57. The van der Waals surface area contributed by atoms with E-state index in [9.17, 15) is 4.79 Å². The summed E-state index contributed by atoms with van der Waals surface area (Å²) in [7, 11) is 0. The topological polar surface area (TPSA) is 36.4 Å². The van der Waals surface area contributed by atoms with Gasteiger partial charge in [-0.15, -0.1) is 0 Å². The molecule has 136 valence electrons. The van der Waals surface area contributed by atoms with Gasteiger partial charge in [0.25, 0.3) is 5.91 Å². The summed E-state index contributed by atoms with van der Waals surface area (Å²) < 4.78 is 0. The molecule has 26 heavy (non-hydrogen) atoms. The fraction of sp³-hybridized carbons (Fsp3) is 0.429. The number of hydrogen-bond acceptors (Lipinski definition) is 4. The molecule has 0 saturated carbocycles. The third-order valence-corrected chi connectivity index (χ3v) is 6.46. The van der Waals surface area contributed by atoms with Crippen molar-refractivity contribution in [2.75, 3.05) is 35.7 Å². The van der Waals surface area contributed by atoms with E-state index in [1.54, 1.807) is 0 Å². The van der Waals surface area contributed by atoms with Gasteiger partial charge in [0.1, 0.15) is 5.82 Å². The van der Waals surface area contributed by atoms with Crippen LogP contribution in [-0.4, -0.2) is 42.0 Å². The van der Waals surface area contributed by atoms with E-state index >= 15 is 0 Å². The second-order valence-electron chi connectivity index (χ2n) is 7.01. The van der Waals surface area contributed by atoms with Crippen LogP contribution in [0, 0.1) is 0 Å². The number of para-hydroxylation sites is 1. The summed E-state index contributed by atoms with van der Waals surface area (Å²) in [5, 5.41) is 0.606. The number of pyridine rings is 1. The molecular formula is C21H25N3OS. The number of rotatable bonds is 3. The van der Waals surface area contributed by atoms with Crippen LogP contribution in [0.5, 0.6) is 0 Å². The van der Waals surface area contributed by atoms with Crippen molar-refractivity contribution in [2.45, 2.75) is 30.9 Å². The molecule has 1 amide bonds. The summed E-state index contributed by atoms with van der Waals surface area (Å²) in [5.74, 6) is 0.922. The Bertz CT molecular complexity index is 794. The van der Waals surface area contributed by atoms with Crippen LogP contribution in [0.2, 0.25) is 0 Å². The number of carbonyl (C=O) groups is 1. The van der Waals surface area contributed by atoms with E-state index in [1.165, 1.54) is 18.4 Å². The van der Waals surface area contributed by atoms with Gasteiger partial charge in [-0.05, 0) is 49.3 Å². The molecule has 1 fully saturated rings. The molecule has 1 unspecified atom stereocenters. The average molecular weight is 368 g/mol. The summed E-state index contributed by atoms with van der Waals surface area (Å²) in [6.45, 7) is 2.69. The standard InChI is InChI=1S/C21H25N3OS/c1-26-17-8-4-5-13-23(15-17)20-18(9-6-12-22-20)21(25)24-14-11-16-7-2-3-10-19(16)24/h2-3,6-7,9-10,12,17H,4-5,8,11,13-15H2,1H3. The quantitative estimate of drug-likeness (QED) is 0.821. The molecule has 1 atom stereocenters. The van der Waals surface area contributed by atoms with E-state index in [2.05, 4.69) is 22.2 Å². The van der Waals surface area contributed by atoms with Crippen molar-refractivity contribution in [3.63, 3.8) is 0 Å². The molecule has 4 nitrogen and oxygen atoms in total. The highest BCUT2D eigenvalue weighted by Crippen LogP contribution is 2.31. The second kappa shape index (κ2) is 7.70. The summed E-state index contributed by atoms with van der Waals surface area (Å²) in [4.78, 5) is 22.2. The first-order valence-electron chi connectivity index (χ1n) is 9.40. The van der Waals surface area contributed by atoms with E-state index in [0.29, 0.717) is 5.25 Å². The first-order valence-corrected chi connectivity index (χ1v) is 10.7. The fourth-order valence-corrected chi connectivity index (χ4v) is 4.73. The Kier molecular flexibility index (Phi) is 5.16. The molecule has 2 aliphatic heterocycles. The van der Waals surface area contributed by atoms with Gasteiger partial charge in [-0.1, -0.05) is 24.6 Å². The first-order chi connectivity index (χ1) is 12.8. The lowest BCUT2D eigenvalue weighted by atomic mass is 10.1. The predicted molar refractivity (Wildman–Crippen MR) is 109 cm³/mol. The zero-order chi connectivity index (χ0) is 17.9. The molecule has 4 rings (SSSR count). The molecule has 0 spiro atoms. The monoisotopic (exact) mass is 367 g/mol. The minimum absolute atomic E-state index is 0.0722. The Morgan fingerprint density at radius 2 is 2.04 bits per heavy atom. The molecule has 3 heterocycles. The van der Waals surface area contributed by atoms with Gasteiger partial charge in [-0.3, -0.25) is 4.79 Å². The maximum atomic E-state index is 13.4. The minimum Gasteiger partial charge on any atom is -0.355 e. The Balaban J connectivity index is 1.65. The Morgan fingerprint density at radius 1 is 1.15 bits per heavy atom. The minimum atomic E-state index is 0.0722. The van der Waals surface area contributed by atoms with E-state index < -0.39 is 0 Å². The SMILES string of the molecule is CSC1CCCCN(c2ncccc2C(=O)N2CCc3ccccc32)C1. The number of thioether (sulfide) groups is 1. The maximum absolute atomic E-state index is 13.4. The third kappa shape index (κ3) is 3.32. The number of fused-ring (bicyclic) bond motifs is 1. The highest BCUT2D eigenvalue weighted by molar-refractivity contribution is 7.99. The lowest BCUT2D eigenvalue weighted by Gasteiger charge is -2.27. The smallest absolute Gasteiger partial charge is 0.262 e. The van der Waals surface area contributed by atoms with Crippen LogP contribution >= 0.6 is 11.8 Å². The maximum Gasteiger partial charge on any atom is 0.262 e. The van der Waals surface area contributed by atoms with Gasteiger partial charge in [0.05, 0.1) is 5.56 Å². The second-order valence-corrected chi connectivity index (χ2v) is 8.15. The summed E-state index contributed by atoms with van der Waals surface area (Å²) in [5.41, 5.74) is 3.03. The van der Waals surface area contributed by atoms with E-state index in [-0.39, 0.29) is 5.91 Å². The van der Waals surface area contributed by atoms with Gasteiger partial charge in [0.15, 0.2) is 0 Å². The number of anilines is 2. The number of nitrogens with zero attached hydrogens (tertiary/aromatic N) is 3. The van der Waals surface area contributed by atoms with E-state index in [0.717, 1.165) is 49.5 Å². The van der Waals surface area contributed by atoms with Crippen LogP contribution in [0.4, 0.5) is 11.5 Å². The molecule has 0 bridgehead atoms. The highest BCUT2D eigenvalue weighted by Gasteiger charge is 2.29. The van der Waals surface area contributed by atoms with Gasteiger partial charge >= 0.3 is 0 Å². The Morgan fingerprint density at radius 3 is 2.92 bits per heavy atom. The van der Waals surface area contributed by atoms with Gasteiger partial charge in [0, 0.05) is 36.8 Å². The van der Waals surface area contributed by atoms with Crippen LogP contribution in [-0.2, 0) is 6.42 Å². The number of amides is 1. The Hall–Kier alpha value is -2.01. The average Bonchev–Trinajstić information content (AvgIpc) is 2.97. The van der Waals surface area contributed by atoms with Crippen LogP contribution in [0.1, 0.15) is 35.2 Å². The van der Waals surface area contributed by atoms with Crippen molar-refractivity contribution >= 4 is 29.2 Å². The number of carbonyl (C=O) groups excluding carboxylic acids is 1. The lowest BCUT2D eigenvalue weighted by Crippen LogP contribution is -2.35. The third-order valence-electron chi connectivity index (χ3n) is 5.41. The molecule has 0 aliphatic carbocycles. The van der Waals surface area contributed by atoms with E-state index in [1.807, 2.05) is 53.2 Å².